The molecule has 0 radical (unpaired) electrons. The van der Waals surface area contributed by atoms with Crippen LogP contribution in [0.5, 0.6) is 0 Å². The largest absolute Gasteiger partial charge is 0.382 e. The number of hydrogen-bond donors (Lipinski definition) is 2. The molecule has 7 aromatic rings. The van der Waals surface area contributed by atoms with Crippen LogP contribution in [0, 0.1) is 11.6 Å². The van der Waals surface area contributed by atoms with Gasteiger partial charge in [0.1, 0.15) is 33.7 Å². The van der Waals surface area contributed by atoms with Crippen LogP contribution < -0.4 is 11.1 Å². The van der Waals surface area contributed by atoms with Crippen LogP contribution >= 0.6 is 11.3 Å². The summed E-state index contributed by atoms with van der Waals surface area (Å²) in [4.78, 5) is 26.7. The van der Waals surface area contributed by atoms with E-state index in [1.165, 1.54) is 12.3 Å². The highest BCUT2D eigenvalue weighted by molar-refractivity contribution is 7.92. The number of benzene rings is 4. The number of nitrogens with one attached hydrogen (secondary N) is 1. The van der Waals surface area contributed by atoms with Crippen molar-refractivity contribution in [2.24, 2.45) is 0 Å². The van der Waals surface area contributed by atoms with Crippen LogP contribution in [-0.2, 0) is 21.8 Å². The summed E-state index contributed by atoms with van der Waals surface area (Å²) < 4.78 is 58.4. The zero-order valence-corrected chi connectivity index (χ0v) is 32.3. The number of anilines is 2. The fraction of sp³-hybridized carbons (Fsp3) is 0.182. The summed E-state index contributed by atoms with van der Waals surface area (Å²) in [5.74, 6) is -2.21. The normalized spacial score (nSPS) is 16.0. The average molecular weight is 801 g/mol. The molecule has 1 fully saturated rings. The summed E-state index contributed by atoms with van der Waals surface area (Å²) in [6, 6.07) is 37.4. The fourth-order valence-corrected chi connectivity index (χ4v) is 10.5. The fourth-order valence-electron chi connectivity index (χ4n) is 7.84. The van der Waals surface area contributed by atoms with Gasteiger partial charge in [-0.2, -0.15) is 0 Å². The smallest absolute Gasteiger partial charge is 0.212 e. The molecule has 0 aliphatic heterocycles. The van der Waals surface area contributed by atoms with Crippen LogP contribution in [0.1, 0.15) is 69.1 Å². The average Bonchev–Trinajstić information content (AvgIpc) is 3.85. The molecule has 0 atom stereocenters. The molecule has 4 aromatic carbocycles. The second-order valence-electron chi connectivity index (χ2n) is 14.0. The van der Waals surface area contributed by atoms with Gasteiger partial charge in [-0.05, 0) is 66.6 Å². The van der Waals surface area contributed by atoms with Crippen molar-refractivity contribution in [2.75, 3.05) is 11.1 Å². The Hall–Kier alpha value is -6.05. The maximum Gasteiger partial charge on any atom is 0.212 e. The summed E-state index contributed by atoms with van der Waals surface area (Å²) >= 11 is 0.915. The Kier molecular flexibility index (Phi) is 10.5. The number of hydrogen-bond acceptors (Lipinski definition) is 9. The van der Waals surface area contributed by atoms with Crippen LogP contribution in [0.15, 0.2) is 145 Å². The lowest BCUT2D eigenvalue weighted by Crippen LogP contribution is -2.38. The highest BCUT2D eigenvalue weighted by Crippen LogP contribution is 2.42. The molecule has 0 unspecified atom stereocenters. The number of thiazole rings is 1. The molecule has 57 heavy (non-hydrogen) atoms. The molecule has 3 N–H and O–H groups in total. The van der Waals surface area contributed by atoms with E-state index >= 15 is 0 Å². The molecular formula is C44H38F2N6O3S2. The van der Waals surface area contributed by atoms with Crippen LogP contribution in [0.25, 0.3) is 0 Å². The minimum atomic E-state index is -3.69. The third-order valence-corrected chi connectivity index (χ3v) is 13.9. The van der Waals surface area contributed by atoms with Gasteiger partial charge in [0.2, 0.25) is 5.78 Å². The SMILES string of the molecule is Nc1nc(NC2CCC(S(=O)(=O)c3ccc(Cc4nccn4C(c4ccccc4)(c4ccccc4)c4ccccc4)nc3)CC2)sc1C(=O)c1c(F)cccc1F. The van der Waals surface area contributed by atoms with E-state index < -0.39 is 43.6 Å². The lowest BCUT2D eigenvalue weighted by molar-refractivity contribution is 0.103. The Morgan fingerprint density at radius 2 is 1.37 bits per heavy atom. The Morgan fingerprint density at radius 1 is 0.789 bits per heavy atom. The van der Waals surface area contributed by atoms with Crippen molar-refractivity contribution in [1.82, 2.24) is 19.5 Å². The van der Waals surface area contributed by atoms with Gasteiger partial charge < -0.3 is 15.6 Å². The van der Waals surface area contributed by atoms with Gasteiger partial charge in [0, 0.05) is 36.7 Å². The number of carbonyl (C=O) groups is 1. The van der Waals surface area contributed by atoms with Gasteiger partial charge in [-0.3, -0.25) is 9.78 Å². The predicted octanol–water partition coefficient (Wildman–Crippen LogP) is 8.45. The number of carbonyl (C=O) groups excluding carboxylic acids is 1. The minimum absolute atomic E-state index is 0.0689. The van der Waals surface area contributed by atoms with Gasteiger partial charge in [-0.15, -0.1) is 0 Å². The molecule has 1 aliphatic carbocycles. The number of nitrogens with zero attached hydrogens (tertiary/aromatic N) is 4. The predicted molar refractivity (Wildman–Crippen MR) is 217 cm³/mol. The first kappa shape index (κ1) is 37.9. The van der Waals surface area contributed by atoms with Crippen molar-refractivity contribution >= 4 is 37.9 Å². The first-order valence-electron chi connectivity index (χ1n) is 18.6. The summed E-state index contributed by atoms with van der Waals surface area (Å²) in [5.41, 5.74) is 8.41. The summed E-state index contributed by atoms with van der Waals surface area (Å²) in [7, 11) is -3.69. The van der Waals surface area contributed by atoms with Crippen molar-refractivity contribution in [3.05, 3.63) is 190 Å². The molecule has 0 amide bonds. The first-order chi connectivity index (χ1) is 27.7. The highest BCUT2D eigenvalue weighted by Gasteiger charge is 2.40. The van der Waals surface area contributed by atoms with Crippen molar-refractivity contribution in [3.8, 4) is 0 Å². The molecule has 3 aromatic heterocycles. The van der Waals surface area contributed by atoms with E-state index in [0.717, 1.165) is 46.0 Å². The summed E-state index contributed by atoms with van der Waals surface area (Å²) in [6.45, 7) is 0. The topological polar surface area (TPSA) is 133 Å². The second kappa shape index (κ2) is 15.8. The standard InChI is InChI=1S/C44H38F2N6O3S2/c45-36-17-10-18-37(46)39(36)40(53)41-42(47)51-43(56-41)50-32-19-22-34(23-20-32)57(54,55)35-24-21-33(49-28-35)27-38-48-25-26-52(38)44(29-11-4-1-5-12-29,30-13-6-2-7-14-30)31-15-8-3-9-16-31/h1-18,21,24-26,28,32,34H,19-20,22-23,27,47H2,(H,50,51). The molecule has 0 bridgehead atoms. The first-order valence-corrected chi connectivity index (χ1v) is 20.9. The Balaban J connectivity index is 0.977. The molecule has 288 valence electrons. The van der Waals surface area contributed by atoms with E-state index in [9.17, 15) is 22.0 Å². The molecule has 9 nitrogen and oxygen atoms in total. The van der Waals surface area contributed by atoms with E-state index in [-0.39, 0.29) is 21.6 Å². The van der Waals surface area contributed by atoms with E-state index in [1.807, 2.05) is 60.8 Å². The summed E-state index contributed by atoms with van der Waals surface area (Å²) in [5, 5.41) is 2.96. The lowest BCUT2D eigenvalue weighted by atomic mass is 9.76. The van der Waals surface area contributed by atoms with E-state index in [1.54, 1.807) is 18.3 Å². The number of nitrogen functional groups attached to an aromatic ring is 1. The number of ketones is 1. The zero-order valence-electron chi connectivity index (χ0n) is 30.6. The monoisotopic (exact) mass is 800 g/mol. The Labute approximate surface area is 333 Å². The van der Waals surface area contributed by atoms with Crippen LogP contribution in [-0.4, -0.2) is 45.0 Å². The maximum absolute atomic E-state index is 14.3. The molecule has 1 aliphatic rings. The van der Waals surface area contributed by atoms with Crippen molar-refractivity contribution < 1.29 is 22.0 Å². The van der Waals surface area contributed by atoms with Crippen LogP contribution in [0.2, 0.25) is 0 Å². The van der Waals surface area contributed by atoms with Gasteiger partial charge >= 0.3 is 0 Å². The van der Waals surface area contributed by atoms with Gasteiger partial charge in [0.15, 0.2) is 15.0 Å². The number of halogens is 2. The van der Waals surface area contributed by atoms with E-state index in [0.29, 0.717) is 42.9 Å². The zero-order chi connectivity index (χ0) is 39.6. The van der Waals surface area contributed by atoms with E-state index in [2.05, 4.69) is 56.3 Å². The van der Waals surface area contributed by atoms with Crippen molar-refractivity contribution in [1.29, 1.82) is 0 Å². The van der Waals surface area contributed by atoms with Crippen molar-refractivity contribution in [3.63, 3.8) is 0 Å². The number of aromatic nitrogens is 4. The maximum atomic E-state index is 14.3. The van der Waals surface area contributed by atoms with Gasteiger partial charge in [0.25, 0.3) is 0 Å². The molecule has 8 rings (SSSR count). The number of nitrogens with two attached hydrogens (primary N) is 1. The Bertz CT molecular complexity index is 2490. The second-order valence-corrected chi connectivity index (χ2v) is 17.2. The van der Waals surface area contributed by atoms with Crippen molar-refractivity contribution in [2.45, 2.75) is 53.8 Å². The van der Waals surface area contributed by atoms with Crippen LogP contribution in [0.4, 0.5) is 19.7 Å². The molecule has 3 heterocycles. The Morgan fingerprint density at radius 3 is 1.91 bits per heavy atom. The quantitative estimate of drug-likeness (QED) is 0.0930. The summed E-state index contributed by atoms with van der Waals surface area (Å²) in [6.07, 6.45) is 7.42. The third kappa shape index (κ3) is 7.24. The van der Waals surface area contributed by atoms with Crippen LogP contribution in [0.3, 0.4) is 0 Å². The number of imidazole rings is 1. The molecular weight excluding hydrogens is 763 g/mol. The molecule has 0 saturated heterocycles. The number of rotatable bonds is 12. The number of pyridine rings is 1. The minimum Gasteiger partial charge on any atom is -0.382 e. The van der Waals surface area contributed by atoms with Gasteiger partial charge in [-0.1, -0.05) is 108 Å². The van der Waals surface area contributed by atoms with Gasteiger partial charge in [0.05, 0.1) is 15.7 Å². The molecule has 1 saturated carbocycles. The molecule has 0 spiro atoms. The number of sulfone groups is 1. The van der Waals surface area contributed by atoms with Gasteiger partial charge in [-0.25, -0.2) is 27.2 Å². The highest BCUT2D eigenvalue weighted by atomic mass is 32.2. The lowest BCUT2D eigenvalue weighted by Gasteiger charge is -2.38. The third-order valence-electron chi connectivity index (χ3n) is 10.6. The van der Waals surface area contributed by atoms with E-state index in [4.69, 9.17) is 10.7 Å². The molecule has 13 heteroatoms.